The fourth-order valence-corrected chi connectivity index (χ4v) is 3.77. The van der Waals surface area contributed by atoms with E-state index in [1.807, 2.05) is 24.3 Å². The van der Waals surface area contributed by atoms with Crippen molar-refractivity contribution in [3.63, 3.8) is 0 Å². The number of piperazine rings is 1. The molecule has 4 rings (SSSR count). The van der Waals surface area contributed by atoms with Gasteiger partial charge >= 0.3 is 5.97 Å². The number of hydrogen-bond acceptors (Lipinski definition) is 7. The summed E-state index contributed by atoms with van der Waals surface area (Å²) in [6, 6.07) is 14.3. The molecule has 1 aliphatic rings. The minimum absolute atomic E-state index is 0.162. The Kier molecular flexibility index (Phi) is 6.50. The summed E-state index contributed by atoms with van der Waals surface area (Å²) in [4.78, 5) is 47.5. The third-order valence-electron chi connectivity index (χ3n) is 5.47. The van der Waals surface area contributed by atoms with Crippen LogP contribution in [0.1, 0.15) is 33.2 Å². The number of nitrogens with two attached hydrogens (primary N) is 1. The van der Waals surface area contributed by atoms with Crippen LogP contribution >= 0.6 is 0 Å². The quantitative estimate of drug-likeness (QED) is 0.614. The Morgan fingerprint density at radius 2 is 1.79 bits per heavy atom. The van der Waals surface area contributed by atoms with Gasteiger partial charge in [0.05, 0.1) is 13.1 Å². The molecule has 0 bridgehead atoms. The number of anilines is 1. The fraction of sp³-hybridized carbons (Fsp3) is 0.250. The first-order chi connectivity index (χ1) is 15.9. The van der Waals surface area contributed by atoms with Crippen molar-refractivity contribution in [3.05, 3.63) is 71.4 Å². The lowest BCUT2D eigenvalue weighted by Crippen LogP contribution is -2.49. The molecule has 3 aromatic rings. The molecule has 0 saturated carbocycles. The predicted octanol–water partition coefficient (Wildman–Crippen LogP) is 1.98. The first-order valence-corrected chi connectivity index (χ1v) is 10.6. The third-order valence-corrected chi connectivity index (χ3v) is 5.47. The number of nitrogens with zero attached hydrogens (tertiary/aromatic N) is 3. The van der Waals surface area contributed by atoms with Gasteiger partial charge in [-0.1, -0.05) is 18.2 Å². The second-order valence-corrected chi connectivity index (χ2v) is 7.82. The van der Waals surface area contributed by atoms with E-state index in [-0.39, 0.29) is 17.8 Å². The molecule has 0 aliphatic carbocycles. The van der Waals surface area contributed by atoms with E-state index in [4.69, 9.17) is 10.6 Å². The molecule has 2 heterocycles. The number of hydroxylamine groups is 2. The molecule has 2 aromatic carbocycles. The number of nitrogens with one attached hydrogen (secondary N) is 1. The maximum absolute atomic E-state index is 12.9. The van der Waals surface area contributed by atoms with Gasteiger partial charge in [-0.25, -0.2) is 4.98 Å². The van der Waals surface area contributed by atoms with Crippen LogP contribution in [-0.2, 0) is 16.2 Å². The van der Waals surface area contributed by atoms with Crippen LogP contribution < -0.4 is 11.1 Å². The van der Waals surface area contributed by atoms with Crippen LogP contribution in [-0.4, -0.2) is 58.9 Å². The topological polar surface area (TPSA) is 118 Å². The molecule has 0 spiro atoms. The number of aromatic nitrogens is 1. The third kappa shape index (κ3) is 5.27. The van der Waals surface area contributed by atoms with E-state index >= 15 is 0 Å². The van der Waals surface area contributed by atoms with E-state index in [0.717, 1.165) is 16.3 Å². The van der Waals surface area contributed by atoms with E-state index in [1.165, 1.54) is 6.92 Å². The molecule has 9 nitrogen and oxygen atoms in total. The summed E-state index contributed by atoms with van der Waals surface area (Å²) in [5.74, 6) is -0.369. The van der Waals surface area contributed by atoms with Crippen molar-refractivity contribution in [2.24, 2.45) is 0 Å². The largest absolute Gasteiger partial charge is 0.383 e. The molecule has 1 aliphatic heterocycles. The zero-order valence-electron chi connectivity index (χ0n) is 18.3. The summed E-state index contributed by atoms with van der Waals surface area (Å²) in [6.07, 6.45) is 1.66. The smallest absolute Gasteiger partial charge is 0.322 e. The van der Waals surface area contributed by atoms with Gasteiger partial charge in [-0.15, -0.1) is 5.06 Å². The van der Waals surface area contributed by atoms with Gasteiger partial charge in [-0.05, 0) is 41.3 Å². The molecule has 3 N–H and O–H groups in total. The first-order valence-electron chi connectivity index (χ1n) is 10.6. The van der Waals surface area contributed by atoms with Gasteiger partial charge in [-0.3, -0.25) is 14.4 Å². The lowest BCUT2D eigenvalue weighted by molar-refractivity contribution is -0.193. The monoisotopic (exact) mass is 447 g/mol. The van der Waals surface area contributed by atoms with Gasteiger partial charge in [0.2, 0.25) is 0 Å². The molecule has 33 heavy (non-hydrogen) atoms. The second kappa shape index (κ2) is 9.66. The predicted molar refractivity (Wildman–Crippen MR) is 123 cm³/mol. The lowest BCUT2D eigenvalue weighted by atomic mass is 10.1. The Labute approximate surface area is 191 Å². The van der Waals surface area contributed by atoms with Crippen molar-refractivity contribution in [3.8, 4) is 0 Å². The molecule has 9 heteroatoms. The van der Waals surface area contributed by atoms with Crippen LogP contribution in [0.3, 0.4) is 0 Å². The summed E-state index contributed by atoms with van der Waals surface area (Å²) in [6.45, 7) is 3.42. The average Bonchev–Trinajstić information content (AvgIpc) is 2.82. The molecule has 0 atom stereocenters. The minimum atomic E-state index is -0.377. The number of carbonyl (C=O) groups is 3. The maximum Gasteiger partial charge on any atom is 0.322 e. The van der Waals surface area contributed by atoms with Crippen molar-refractivity contribution in [1.82, 2.24) is 20.3 Å². The molecule has 1 fully saturated rings. The zero-order valence-corrected chi connectivity index (χ0v) is 18.3. The highest BCUT2D eigenvalue weighted by Crippen LogP contribution is 2.20. The Bertz CT molecular complexity index is 1200. The Balaban J connectivity index is 1.38. The van der Waals surface area contributed by atoms with Crippen LogP contribution in [0.15, 0.2) is 54.7 Å². The molecule has 2 amide bonds. The summed E-state index contributed by atoms with van der Waals surface area (Å²) in [5.41, 5.74) is 7.69. The molecule has 0 unspecified atom stereocenters. The summed E-state index contributed by atoms with van der Waals surface area (Å²) >= 11 is 0. The SMILES string of the molecule is CC(=O)ON1CCN(C(=O)c2cccc(C(=O)NCc3ccc4ccnc(N)c4c3)c2)CC1. The number of hydrogen-bond donors (Lipinski definition) is 2. The minimum Gasteiger partial charge on any atom is -0.383 e. The summed E-state index contributed by atoms with van der Waals surface area (Å²) < 4.78 is 0. The van der Waals surface area contributed by atoms with Gasteiger partial charge in [0.15, 0.2) is 0 Å². The van der Waals surface area contributed by atoms with Gasteiger partial charge < -0.3 is 20.8 Å². The van der Waals surface area contributed by atoms with Crippen LogP contribution in [0.4, 0.5) is 5.82 Å². The van der Waals surface area contributed by atoms with E-state index in [1.54, 1.807) is 40.4 Å². The average molecular weight is 447 g/mol. The molecule has 0 radical (unpaired) electrons. The summed E-state index contributed by atoms with van der Waals surface area (Å²) in [7, 11) is 0. The van der Waals surface area contributed by atoms with Gasteiger partial charge in [0, 0.05) is 49.3 Å². The maximum atomic E-state index is 12.9. The highest BCUT2D eigenvalue weighted by atomic mass is 16.7. The molecule has 1 saturated heterocycles. The van der Waals surface area contributed by atoms with E-state index in [2.05, 4.69) is 10.3 Å². The molecular formula is C24H25N5O4. The van der Waals surface area contributed by atoms with E-state index in [0.29, 0.717) is 49.7 Å². The standard InChI is InChI=1S/C24H25N5O4/c1-16(30)33-29-11-9-28(10-12-29)24(32)20-4-2-3-19(14-20)23(31)27-15-17-5-6-18-7-8-26-22(25)21(18)13-17/h2-8,13-14H,9-12,15H2,1H3,(H2,25,26)(H,27,31). The Morgan fingerprint density at radius 1 is 1.03 bits per heavy atom. The molecule has 170 valence electrons. The van der Waals surface area contributed by atoms with Gasteiger partial charge in [-0.2, -0.15) is 0 Å². The summed E-state index contributed by atoms with van der Waals surface area (Å²) in [5, 5.41) is 6.26. The number of benzene rings is 2. The van der Waals surface area contributed by atoms with E-state index < -0.39 is 0 Å². The van der Waals surface area contributed by atoms with Crippen molar-refractivity contribution in [2.75, 3.05) is 31.9 Å². The number of amides is 2. The van der Waals surface area contributed by atoms with Crippen molar-refractivity contribution in [1.29, 1.82) is 0 Å². The number of nitrogen functional groups attached to an aromatic ring is 1. The number of carbonyl (C=O) groups excluding carboxylic acids is 3. The second-order valence-electron chi connectivity index (χ2n) is 7.82. The van der Waals surface area contributed by atoms with Crippen molar-refractivity contribution < 1.29 is 19.2 Å². The zero-order chi connectivity index (χ0) is 23.4. The van der Waals surface area contributed by atoms with Crippen LogP contribution in [0.2, 0.25) is 0 Å². The Morgan fingerprint density at radius 3 is 2.55 bits per heavy atom. The van der Waals surface area contributed by atoms with Crippen molar-refractivity contribution >= 4 is 34.4 Å². The van der Waals surface area contributed by atoms with Gasteiger partial charge in [0.1, 0.15) is 5.82 Å². The lowest BCUT2D eigenvalue weighted by Gasteiger charge is -2.33. The number of pyridine rings is 1. The molecule has 1 aromatic heterocycles. The van der Waals surface area contributed by atoms with E-state index in [9.17, 15) is 14.4 Å². The Hall–Kier alpha value is -3.98. The normalized spacial score (nSPS) is 14.2. The van der Waals surface area contributed by atoms with Crippen molar-refractivity contribution in [2.45, 2.75) is 13.5 Å². The fourth-order valence-electron chi connectivity index (χ4n) is 3.77. The van der Waals surface area contributed by atoms with Gasteiger partial charge in [0.25, 0.3) is 11.8 Å². The van der Waals surface area contributed by atoms with Crippen LogP contribution in [0.5, 0.6) is 0 Å². The molecular weight excluding hydrogens is 422 g/mol. The highest BCUT2D eigenvalue weighted by molar-refractivity contribution is 5.99. The number of fused-ring (bicyclic) bond motifs is 1. The van der Waals surface area contributed by atoms with Crippen LogP contribution in [0.25, 0.3) is 10.8 Å². The number of rotatable bonds is 5. The van der Waals surface area contributed by atoms with Crippen LogP contribution in [0, 0.1) is 0 Å². The first kappa shape index (κ1) is 22.2. The highest BCUT2D eigenvalue weighted by Gasteiger charge is 2.24.